The minimum Gasteiger partial charge on any atom is -0.381 e. The Morgan fingerprint density at radius 3 is 2.95 bits per heavy atom. The summed E-state index contributed by atoms with van der Waals surface area (Å²) in [6.45, 7) is 4.54. The topological polar surface area (TPSA) is 24.5 Å². The van der Waals surface area contributed by atoms with Crippen LogP contribution in [0, 0.1) is 11.7 Å². The van der Waals surface area contributed by atoms with E-state index in [1.165, 1.54) is 6.07 Å². The van der Waals surface area contributed by atoms with Gasteiger partial charge >= 0.3 is 0 Å². The monoisotopic (exact) mass is 280 g/mol. The van der Waals surface area contributed by atoms with Gasteiger partial charge in [0.05, 0.1) is 12.3 Å². The second-order valence-corrected chi connectivity index (χ2v) is 5.65. The van der Waals surface area contributed by atoms with Crippen molar-refractivity contribution in [2.45, 2.75) is 25.8 Å². The highest BCUT2D eigenvalue weighted by Gasteiger charge is 2.21. The molecule has 0 aliphatic carbocycles. The Labute approximate surface area is 121 Å². The lowest BCUT2D eigenvalue weighted by Crippen LogP contribution is -2.32. The number of benzene rings is 1. The lowest BCUT2D eigenvalue weighted by Gasteiger charge is -2.31. The van der Waals surface area contributed by atoms with E-state index in [2.05, 4.69) is 12.2 Å². The van der Waals surface area contributed by atoms with Crippen molar-refractivity contribution in [2.24, 2.45) is 5.92 Å². The Morgan fingerprint density at radius 1 is 1.50 bits per heavy atom. The normalized spacial score (nSPS) is 20.7. The second kappa shape index (κ2) is 7.04. The zero-order valence-electron chi connectivity index (χ0n) is 12.7. The standard InChI is InChI=1S/C16H25FN2O/c1-12(18-2)14-7-4-8-15(17)16(14)19(3)10-13-6-5-9-20-11-13/h4,7-8,12-13,18H,5-6,9-11H2,1-3H3. The predicted molar refractivity (Wildman–Crippen MR) is 80.7 cm³/mol. The van der Waals surface area contributed by atoms with Crippen LogP contribution in [0.4, 0.5) is 10.1 Å². The predicted octanol–water partition coefficient (Wildman–Crippen LogP) is 2.97. The SMILES string of the molecule is CNC(C)c1cccc(F)c1N(C)CC1CCCOC1. The van der Waals surface area contributed by atoms with Gasteiger partial charge in [0.15, 0.2) is 0 Å². The van der Waals surface area contributed by atoms with Gasteiger partial charge in [-0.2, -0.15) is 0 Å². The first-order chi connectivity index (χ1) is 9.63. The summed E-state index contributed by atoms with van der Waals surface area (Å²) in [7, 11) is 3.87. The molecule has 0 saturated carbocycles. The van der Waals surface area contributed by atoms with E-state index in [0.717, 1.165) is 38.2 Å². The van der Waals surface area contributed by atoms with Gasteiger partial charge < -0.3 is 15.0 Å². The van der Waals surface area contributed by atoms with E-state index in [9.17, 15) is 4.39 Å². The zero-order chi connectivity index (χ0) is 14.5. The minimum absolute atomic E-state index is 0.130. The van der Waals surface area contributed by atoms with Crippen molar-refractivity contribution in [2.75, 3.05) is 38.8 Å². The fraction of sp³-hybridized carbons (Fsp3) is 0.625. The molecule has 1 heterocycles. The molecule has 2 atom stereocenters. The van der Waals surface area contributed by atoms with Crippen LogP contribution in [-0.4, -0.2) is 33.9 Å². The average Bonchev–Trinajstić information content (AvgIpc) is 2.47. The van der Waals surface area contributed by atoms with Crippen LogP contribution in [0.15, 0.2) is 18.2 Å². The molecular formula is C16H25FN2O. The lowest BCUT2D eigenvalue weighted by atomic mass is 10.00. The van der Waals surface area contributed by atoms with Gasteiger partial charge in [-0.25, -0.2) is 4.39 Å². The van der Waals surface area contributed by atoms with Crippen molar-refractivity contribution in [3.63, 3.8) is 0 Å². The molecule has 1 aromatic rings. The number of para-hydroxylation sites is 1. The Kier molecular flexibility index (Phi) is 5.38. The van der Waals surface area contributed by atoms with Gasteiger partial charge in [0.25, 0.3) is 0 Å². The lowest BCUT2D eigenvalue weighted by molar-refractivity contribution is 0.0576. The van der Waals surface area contributed by atoms with Crippen LogP contribution >= 0.6 is 0 Å². The number of nitrogens with one attached hydrogen (secondary N) is 1. The maximum atomic E-state index is 14.3. The minimum atomic E-state index is -0.149. The van der Waals surface area contributed by atoms with Gasteiger partial charge in [0.1, 0.15) is 5.82 Å². The smallest absolute Gasteiger partial charge is 0.146 e. The van der Waals surface area contributed by atoms with E-state index in [4.69, 9.17) is 4.74 Å². The van der Waals surface area contributed by atoms with E-state index in [1.54, 1.807) is 6.07 Å². The van der Waals surface area contributed by atoms with E-state index in [-0.39, 0.29) is 11.9 Å². The van der Waals surface area contributed by atoms with Gasteiger partial charge in [-0.1, -0.05) is 12.1 Å². The molecule has 1 N–H and O–H groups in total. The summed E-state index contributed by atoms with van der Waals surface area (Å²) in [6, 6.07) is 5.44. The molecule has 0 bridgehead atoms. The highest BCUT2D eigenvalue weighted by atomic mass is 19.1. The molecule has 0 aromatic heterocycles. The third kappa shape index (κ3) is 3.49. The maximum Gasteiger partial charge on any atom is 0.146 e. The van der Waals surface area contributed by atoms with Gasteiger partial charge in [-0.05, 0) is 44.4 Å². The third-order valence-electron chi connectivity index (χ3n) is 4.09. The first kappa shape index (κ1) is 15.3. The molecule has 4 heteroatoms. The van der Waals surface area contributed by atoms with Crippen LogP contribution in [0.1, 0.15) is 31.4 Å². The van der Waals surface area contributed by atoms with Crippen LogP contribution in [0.25, 0.3) is 0 Å². The Balaban J connectivity index is 2.17. The molecule has 1 fully saturated rings. The zero-order valence-corrected chi connectivity index (χ0v) is 12.7. The molecule has 3 nitrogen and oxygen atoms in total. The van der Waals surface area contributed by atoms with Crippen LogP contribution < -0.4 is 10.2 Å². The molecule has 20 heavy (non-hydrogen) atoms. The summed E-state index contributed by atoms with van der Waals surface area (Å²) in [4.78, 5) is 2.04. The van der Waals surface area contributed by atoms with E-state index >= 15 is 0 Å². The fourth-order valence-corrected chi connectivity index (χ4v) is 2.87. The van der Waals surface area contributed by atoms with E-state index < -0.39 is 0 Å². The summed E-state index contributed by atoms with van der Waals surface area (Å²) in [5, 5.41) is 3.19. The molecule has 2 rings (SSSR count). The molecule has 1 aliphatic rings. The number of ether oxygens (including phenoxy) is 1. The molecular weight excluding hydrogens is 255 g/mol. The molecule has 0 amide bonds. The first-order valence-electron chi connectivity index (χ1n) is 7.38. The van der Waals surface area contributed by atoms with Crippen molar-refractivity contribution in [1.29, 1.82) is 0 Å². The summed E-state index contributed by atoms with van der Waals surface area (Å²) < 4.78 is 19.8. The third-order valence-corrected chi connectivity index (χ3v) is 4.09. The Bertz CT molecular complexity index is 432. The highest BCUT2D eigenvalue weighted by molar-refractivity contribution is 5.55. The summed E-state index contributed by atoms with van der Waals surface area (Å²) in [5.74, 6) is 0.343. The number of rotatable bonds is 5. The van der Waals surface area contributed by atoms with Crippen molar-refractivity contribution < 1.29 is 9.13 Å². The molecule has 1 aliphatic heterocycles. The van der Waals surface area contributed by atoms with Crippen LogP contribution in [0.2, 0.25) is 0 Å². The van der Waals surface area contributed by atoms with Crippen LogP contribution in [0.5, 0.6) is 0 Å². The van der Waals surface area contributed by atoms with Gasteiger partial charge in [0, 0.05) is 26.2 Å². The van der Waals surface area contributed by atoms with Crippen molar-refractivity contribution in [3.8, 4) is 0 Å². The summed E-state index contributed by atoms with van der Waals surface area (Å²) >= 11 is 0. The molecule has 2 unspecified atom stereocenters. The molecule has 1 saturated heterocycles. The number of hydrogen-bond donors (Lipinski definition) is 1. The number of halogens is 1. The first-order valence-corrected chi connectivity index (χ1v) is 7.38. The number of hydrogen-bond acceptors (Lipinski definition) is 3. The van der Waals surface area contributed by atoms with Crippen molar-refractivity contribution >= 4 is 5.69 Å². The summed E-state index contributed by atoms with van der Waals surface area (Å²) in [5.41, 5.74) is 1.71. The van der Waals surface area contributed by atoms with Crippen molar-refractivity contribution in [3.05, 3.63) is 29.6 Å². The number of nitrogens with zero attached hydrogens (tertiary/aromatic N) is 1. The van der Waals surface area contributed by atoms with Crippen LogP contribution in [0.3, 0.4) is 0 Å². The number of anilines is 1. The Morgan fingerprint density at radius 2 is 2.30 bits per heavy atom. The van der Waals surface area contributed by atoms with Gasteiger partial charge in [0.2, 0.25) is 0 Å². The van der Waals surface area contributed by atoms with E-state index in [1.807, 2.05) is 25.1 Å². The molecule has 0 radical (unpaired) electrons. The van der Waals surface area contributed by atoms with Crippen LogP contribution in [-0.2, 0) is 4.74 Å². The van der Waals surface area contributed by atoms with Gasteiger partial charge in [-0.3, -0.25) is 0 Å². The van der Waals surface area contributed by atoms with E-state index in [0.29, 0.717) is 11.6 Å². The highest BCUT2D eigenvalue weighted by Crippen LogP contribution is 2.29. The Hall–Kier alpha value is -1.13. The quantitative estimate of drug-likeness (QED) is 0.897. The largest absolute Gasteiger partial charge is 0.381 e. The molecule has 1 aromatic carbocycles. The van der Waals surface area contributed by atoms with Crippen molar-refractivity contribution in [1.82, 2.24) is 5.32 Å². The summed E-state index contributed by atoms with van der Waals surface area (Å²) in [6.07, 6.45) is 2.27. The second-order valence-electron chi connectivity index (χ2n) is 5.65. The maximum absolute atomic E-state index is 14.3. The molecule has 0 spiro atoms. The average molecular weight is 280 g/mol. The fourth-order valence-electron chi connectivity index (χ4n) is 2.87. The van der Waals surface area contributed by atoms with Gasteiger partial charge in [-0.15, -0.1) is 0 Å². The molecule has 112 valence electrons.